The zero-order valence-electron chi connectivity index (χ0n) is 10.3. The average Bonchev–Trinajstić information content (AvgIpc) is 2.10. The van der Waals surface area contributed by atoms with E-state index < -0.39 is 0 Å². The van der Waals surface area contributed by atoms with Crippen LogP contribution in [0.2, 0.25) is 0 Å². The maximum absolute atomic E-state index is 9.70. The van der Waals surface area contributed by atoms with Crippen LogP contribution in [0.4, 0.5) is 0 Å². The van der Waals surface area contributed by atoms with E-state index in [0.29, 0.717) is 18.5 Å². The third-order valence-electron chi connectivity index (χ3n) is 3.56. The predicted octanol–water partition coefficient (Wildman–Crippen LogP) is 1.14. The Balaban J connectivity index is 2.21. The Labute approximate surface area is 92.9 Å². The van der Waals surface area contributed by atoms with Crippen LogP contribution in [0.5, 0.6) is 0 Å². The van der Waals surface area contributed by atoms with Gasteiger partial charge >= 0.3 is 0 Å². The summed E-state index contributed by atoms with van der Waals surface area (Å²) >= 11 is 0. The highest BCUT2D eigenvalue weighted by Gasteiger charge is 2.46. The molecule has 0 aromatic carbocycles. The fourth-order valence-electron chi connectivity index (χ4n) is 2.15. The van der Waals surface area contributed by atoms with E-state index in [1.165, 1.54) is 0 Å². The first-order valence-electron chi connectivity index (χ1n) is 5.93. The minimum Gasteiger partial charge on any atom is -0.392 e. The highest BCUT2D eigenvalue weighted by Crippen LogP contribution is 2.40. The van der Waals surface area contributed by atoms with Crippen molar-refractivity contribution >= 4 is 0 Å². The molecule has 0 saturated heterocycles. The second-order valence-corrected chi connectivity index (χ2v) is 5.82. The van der Waals surface area contributed by atoms with E-state index >= 15 is 0 Å². The van der Waals surface area contributed by atoms with E-state index in [9.17, 15) is 10.2 Å². The fourth-order valence-corrected chi connectivity index (χ4v) is 2.15. The topological polar surface area (TPSA) is 52.5 Å². The Kier molecular flexibility index (Phi) is 4.15. The lowest BCUT2D eigenvalue weighted by molar-refractivity contribution is -0.0751. The molecule has 0 bridgehead atoms. The zero-order chi connectivity index (χ0) is 11.6. The Bertz CT molecular complexity index is 204. The molecule has 15 heavy (non-hydrogen) atoms. The summed E-state index contributed by atoms with van der Waals surface area (Å²) in [6.45, 7) is 8.99. The first-order chi connectivity index (χ1) is 6.84. The third kappa shape index (κ3) is 3.16. The molecule has 1 fully saturated rings. The van der Waals surface area contributed by atoms with Crippen molar-refractivity contribution in [3.05, 3.63) is 0 Å². The molecule has 1 aliphatic carbocycles. The van der Waals surface area contributed by atoms with Crippen LogP contribution < -0.4 is 5.32 Å². The van der Waals surface area contributed by atoms with Crippen LogP contribution in [0.15, 0.2) is 0 Å². The van der Waals surface area contributed by atoms with Crippen molar-refractivity contribution in [2.75, 3.05) is 6.54 Å². The molecule has 0 spiro atoms. The van der Waals surface area contributed by atoms with E-state index in [1.807, 2.05) is 0 Å². The smallest absolute Gasteiger partial charge is 0.0667 e. The van der Waals surface area contributed by atoms with Crippen LogP contribution in [0.1, 0.15) is 40.5 Å². The maximum atomic E-state index is 9.70. The molecule has 0 aromatic rings. The number of hydrogen-bond donors (Lipinski definition) is 3. The molecule has 3 N–H and O–H groups in total. The molecule has 3 heteroatoms. The van der Waals surface area contributed by atoms with Crippen LogP contribution in [-0.4, -0.2) is 35.0 Å². The van der Waals surface area contributed by atoms with Gasteiger partial charge in [0.15, 0.2) is 0 Å². The minimum absolute atomic E-state index is 0.0441. The van der Waals surface area contributed by atoms with Gasteiger partial charge < -0.3 is 15.5 Å². The van der Waals surface area contributed by atoms with E-state index in [4.69, 9.17) is 0 Å². The molecular formula is C12H25NO2. The SMILES string of the molecule is CC(C)CC(O)CNC1CC(O)C1(C)C. The Hall–Kier alpha value is -0.120. The minimum atomic E-state index is -0.265. The Morgan fingerprint density at radius 1 is 1.40 bits per heavy atom. The highest BCUT2D eigenvalue weighted by molar-refractivity contribution is 5.01. The van der Waals surface area contributed by atoms with Gasteiger partial charge in [0, 0.05) is 18.0 Å². The quantitative estimate of drug-likeness (QED) is 0.644. The first kappa shape index (κ1) is 12.9. The summed E-state index contributed by atoms with van der Waals surface area (Å²) in [5, 5.41) is 22.6. The van der Waals surface area contributed by atoms with E-state index in [0.717, 1.165) is 12.8 Å². The van der Waals surface area contributed by atoms with Crippen LogP contribution in [-0.2, 0) is 0 Å². The van der Waals surface area contributed by atoms with Crippen LogP contribution >= 0.6 is 0 Å². The molecule has 3 nitrogen and oxygen atoms in total. The number of aliphatic hydroxyl groups excluding tert-OH is 2. The summed E-state index contributed by atoms with van der Waals surface area (Å²) in [5.74, 6) is 0.529. The van der Waals surface area contributed by atoms with Crippen molar-refractivity contribution in [1.82, 2.24) is 5.32 Å². The van der Waals surface area contributed by atoms with Crippen molar-refractivity contribution in [3.63, 3.8) is 0 Å². The zero-order valence-corrected chi connectivity index (χ0v) is 10.3. The van der Waals surface area contributed by atoms with Gasteiger partial charge in [0.25, 0.3) is 0 Å². The molecule has 1 rings (SSSR count). The van der Waals surface area contributed by atoms with Crippen LogP contribution in [0.25, 0.3) is 0 Å². The Morgan fingerprint density at radius 3 is 2.40 bits per heavy atom. The van der Waals surface area contributed by atoms with Crippen molar-refractivity contribution in [1.29, 1.82) is 0 Å². The first-order valence-corrected chi connectivity index (χ1v) is 5.93. The molecule has 0 radical (unpaired) electrons. The van der Waals surface area contributed by atoms with E-state index in [-0.39, 0.29) is 17.6 Å². The van der Waals surface area contributed by atoms with Gasteiger partial charge in [-0.25, -0.2) is 0 Å². The van der Waals surface area contributed by atoms with Crippen molar-refractivity contribution in [2.45, 2.75) is 58.8 Å². The van der Waals surface area contributed by atoms with Crippen molar-refractivity contribution < 1.29 is 10.2 Å². The summed E-state index contributed by atoms with van der Waals surface area (Å²) in [7, 11) is 0. The molecule has 3 unspecified atom stereocenters. The third-order valence-corrected chi connectivity index (χ3v) is 3.56. The van der Waals surface area contributed by atoms with Gasteiger partial charge in [-0.1, -0.05) is 27.7 Å². The molecular weight excluding hydrogens is 190 g/mol. The lowest BCUT2D eigenvalue weighted by atomic mass is 9.64. The van der Waals surface area contributed by atoms with Crippen molar-refractivity contribution in [3.8, 4) is 0 Å². The monoisotopic (exact) mass is 215 g/mol. The summed E-state index contributed by atoms with van der Waals surface area (Å²) in [4.78, 5) is 0. The van der Waals surface area contributed by atoms with Crippen LogP contribution in [0, 0.1) is 11.3 Å². The Morgan fingerprint density at radius 2 is 2.00 bits per heavy atom. The highest BCUT2D eigenvalue weighted by atomic mass is 16.3. The van der Waals surface area contributed by atoms with Gasteiger partial charge in [0.2, 0.25) is 0 Å². The largest absolute Gasteiger partial charge is 0.392 e. The summed E-state index contributed by atoms with van der Waals surface area (Å²) in [6.07, 6.45) is 1.18. The van der Waals surface area contributed by atoms with Gasteiger partial charge in [-0.3, -0.25) is 0 Å². The lowest BCUT2D eigenvalue weighted by Crippen LogP contribution is -2.60. The lowest BCUT2D eigenvalue weighted by Gasteiger charge is -2.50. The van der Waals surface area contributed by atoms with Gasteiger partial charge in [0.1, 0.15) is 0 Å². The van der Waals surface area contributed by atoms with Gasteiger partial charge in [-0.15, -0.1) is 0 Å². The van der Waals surface area contributed by atoms with E-state index in [1.54, 1.807) is 0 Å². The average molecular weight is 215 g/mol. The van der Waals surface area contributed by atoms with Gasteiger partial charge in [-0.05, 0) is 18.8 Å². The molecule has 1 saturated carbocycles. The maximum Gasteiger partial charge on any atom is 0.0667 e. The van der Waals surface area contributed by atoms with E-state index in [2.05, 4.69) is 33.0 Å². The molecule has 0 aromatic heterocycles. The number of rotatable bonds is 5. The fraction of sp³-hybridized carbons (Fsp3) is 1.00. The van der Waals surface area contributed by atoms with Crippen molar-refractivity contribution in [2.24, 2.45) is 11.3 Å². The number of nitrogens with one attached hydrogen (secondary N) is 1. The number of aliphatic hydroxyl groups is 2. The normalized spacial score (nSPS) is 31.4. The molecule has 90 valence electrons. The molecule has 0 aliphatic heterocycles. The molecule has 0 heterocycles. The summed E-state index contributed by atoms with van der Waals surface area (Å²) < 4.78 is 0. The van der Waals surface area contributed by atoms with Gasteiger partial charge in [-0.2, -0.15) is 0 Å². The van der Waals surface area contributed by atoms with Gasteiger partial charge in [0.05, 0.1) is 12.2 Å². The molecule has 0 amide bonds. The second-order valence-electron chi connectivity index (χ2n) is 5.82. The standard InChI is InChI=1S/C12H25NO2/c1-8(2)5-9(14)7-13-10-6-11(15)12(10,3)4/h8-11,13-15H,5-7H2,1-4H3. The van der Waals surface area contributed by atoms with Crippen LogP contribution in [0.3, 0.4) is 0 Å². The number of hydrogen-bond acceptors (Lipinski definition) is 3. The molecule has 3 atom stereocenters. The molecule has 1 aliphatic rings. The summed E-state index contributed by atoms with van der Waals surface area (Å²) in [6, 6.07) is 0.342. The summed E-state index contributed by atoms with van der Waals surface area (Å²) in [5.41, 5.74) is -0.0441. The second kappa shape index (κ2) is 4.81. The predicted molar refractivity (Wildman–Crippen MR) is 61.7 cm³/mol.